The molecule has 33 heavy (non-hydrogen) atoms. The third kappa shape index (κ3) is 4.11. The molecule has 0 radical (unpaired) electrons. The number of alkyl halides is 3. The lowest BCUT2D eigenvalue weighted by Crippen LogP contribution is -2.29. The second kappa shape index (κ2) is 7.95. The van der Waals surface area contributed by atoms with E-state index >= 15 is 0 Å². The number of sulfonamides is 1. The van der Waals surface area contributed by atoms with Crippen LogP contribution in [0, 0.1) is 5.92 Å². The van der Waals surface area contributed by atoms with Crippen molar-refractivity contribution in [3.63, 3.8) is 0 Å². The number of nitrogens with one attached hydrogen (secondary N) is 2. The number of allylic oxidation sites excluding steroid dienone is 2. The predicted molar refractivity (Wildman–Crippen MR) is 121 cm³/mol. The van der Waals surface area contributed by atoms with Gasteiger partial charge >= 0.3 is 6.18 Å². The topological polar surface area (TPSA) is 58.2 Å². The summed E-state index contributed by atoms with van der Waals surface area (Å²) in [6.45, 7) is 0. The van der Waals surface area contributed by atoms with Gasteiger partial charge in [-0.25, -0.2) is 8.42 Å². The molecule has 3 atom stereocenters. The molecule has 2 N–H and O–H groups in total. The molecule has 0 saturated heterocycles. The van der Waals surface area contributed by atoms with E-state index in [0.29, 0.717) is 0 Å². The Hall–Kier alpha value is -3.26. The first-order valence-electron chi connectivity index (χ1n) is 10.5. The molecule has 4 nitrogen and oxygen atoms in total. The number of fused-ring (bicyclic) bond motifs is 3. The zero-order valence-electron chi connectivity index (χ0n) is 17.4. The van der Waals surface area contributed by atoms with E-state index in [4.69, 9.17) is 0 Å². The van der Waals surface area contributed by atoms with Crippen LogP contribution in [-0.2, 0) is 16.2 Å². The molecule has 5 rings (SSSR count). The summed E-state index contributed by atoms with van der Waals surface area (Å²) in [4.78, 5) is 0.0117. The summed E-state index contributed by atoms with van der Waals surface area (Å²) in [7, 11) is -4.07. The second-order valence-corrected chi connectivity index (χ2v) is 10.0. The van der Waals surface area contributed by atoms with Gasteiger partial charge in [0.1, 0.15) is 0 Å². The molecule has 1 heterocycles. The fraction of sp³-hybridized carbons (Fsp3) is 0.200. The summed E-state index contributed by atoms with van der Waals surface area (Å²) in [5.41, 5.74) is 1.85. The van der Waals surface area contributed by atoms with Gasteiger partial charge in [-0.05, 0) is 59.9 Å². The lowest BCUT2D eigenvalue weighted by Gasteiger charge is -2.37. The molecule has 1 aliphatic carbocycles. The van der Waals surface area contributed by atoms with Crippen LogP contribution in [0.1, 0.15) is 35.1 Å². The van der Waals surface area contributed by atoms with Crippen LogP contribution in [-0.4, -0.2) is 8.42 Å². The van der Waals surface area contributed by atoms with Crippen molar-refractivity contribution in [3.8, 4) is 0 Å². The van der Waals surface area contributed by atoms with Crippen LogP contribution in [0.4, 0.5) is 24.5 Å². The maximum absolute atomic E-state index is 13.0. The molecule has 170 valence electrons. The Labute approximate surface area is 190 Å². The highest BCUT2D eigenvalue weighted by Crippen LogP contribution is 2.50. The predicted octanol–water partition coefficient (Wildman–Crippen LogP) is 6.33. The molecular formula is C25H21F3N2O2S. The average Bonchev–Trinajstić information content (AvgIpc) is 3.28. The molecule has 0 unspecified atom stereocenters. The van der Waals surface area contributed by atoms with Crippen molar-refractivity contribution in [2.45, 2.75) is 29.5 Å². The Morgan fingerprint density at radius 2 is 1.73 bits per heavy atom. The number of halogens is 3. The van der Waals surface area contributed by atoms with Crippen LogP contribution in [0.2, 0.25) is 0 Å². The Bertz CT molecular complexity index is 1320. The highest BCUT2D eigenvalue weighted by atomic mass is 32.2. The van der Waals surface area contributed by atoms with Gasteiger partial charge in [-0.2, -0.15) is 13.2 Å². The summed E-state index contributed by atoms with van der Waals surface area (Å²) in [6, 6.07) is 19.2. The van der Waals surface area contributed by atoms with Crippen molar-refractivity contribution in [1.29, 1.82) is 0 Å². The highest BCUT2D eigenvalue weighted by molar-refractivity contribution is 7.92. The quantitative estimate of drug-likeness (QED) is 0.438. The first-order chi connectivity index (χ1) is 15.7. The molecule has 0 saturated carbocycles. The van der Waals surface area contributed by atoms with Crippen molar-refractivity contribution in [2.24, 2.45) is 5.92 Å². The minimum atomic E-state index is -4.56. The van der Waals surface area contributed by atoms with Crippen LogP contribution in [0.25, 0.3) is 0 Å². The molecule has 3 aromatic rings. The SMILES string of the molecule is O=S(=O)(Nc1cccc(C(F)(F)F)c1)c1ccc2c(c1)[C@H]1C=CC[C@H]1[C@@H](c1ccccc1)N2. The Morgan fingerprint density at radius 3 is 2.48 bits per heavy atom. The Kier molecular flexibility index (Phi) is 5.20. The number of hydrogen-bond donors (Lipinski definition) is 2. The van der Waals surface area contributed by atoms with Crippen LogP contribution in [0.5, 0.6) is 0 Å². The number of benzene rings is 3. The van der Waals surface area contributed by atoms with Gasteiger partial charge in [-0.3, -0.25) is 4.72 Å². The summed E-state index contributed by atoms with van der Waals surface area (Å²) < 4.78 is 67.3. The number of anilines is 2. The molecule has 0 fully saturated rings. The van der Waals surface area contributed by atoms with Gasteiger partial charge in [-0.1, -0.05) is 48.6 Å². The lowest BCUT2D eigenvalue weighted by atomic mass is 9.77. The monoisotopic (exact) mass is 470 g/mol. The van der Waals surface area contributed by atoms with E-state index in [1.54, 1.807) is 12.1 Å². The molecule has 1 aliphatic heterocycles. The van der Waals surface area contributed by atoms with Crippen molar-refractivity contribution in [1.82, 2.24) is 0 Å². The smallest absolute Gasteiger partial charge is 0.378 e. The highest BCUT2D eigenvalue weighted by Gasteiger charge is 2.38. The van der Waals surface area contributed by atoms with Gasteiger partial charge < -0.3 is 5.32 Å². The maximum Gasteiger partial charge on any atom is 0.416 e. The Morgan fingerprint density at radius 1 is 0.939 bits per heavy atom. The van der Waals surface area contributed by atoms with Gasteiger partial charge in [0, 0.05) is 17.3 Å². The Balaban J connectivity index is 1.47. The second-order valence-electron chi connectivity index (χ2n) is 8.32. The lowest BCUT2D eigenvalue weighted by molar-refractivity contribution is -0.137. The largest absolute Gasteiger partial charge is 0.416 e. The molecule has 0 amide bonds. The number of rotatable bonds is 4. The van der Waals surface area contributed by atoms with E-state index in [2.05, 4.69) is 34.3 Å². The molecule has 3 aromatic carbocycles. The van der Waals surface area contributed by atoms with Crippen molar-refractivity contribution >= 4 is 21.4 Å². The van der Waals surface area contributed by atoms with E-state index in [9.17, 15) is 21.6 Å². The molecule has 0 spiro atoms. The average molecular weight is 471 g/mol. The molecule has 8 heteroatoms. The van der Waals surface area contributed by atoms with Crippen LogP contribution in [0.3, 0.4) is 0 Å². The van der Waals surface area contributed by atoms with Gasteiger partial charge in [0.2, 0.25) is 0 Å². The summed E-state index contributed by atoms with van der Waals surface area (Å²) in [6.07, 6.45) is 0.537. The van der Waals surface area contributed by atoms with Gasteiger partial charge in [0.15, 0.2) is 0 Å². The third-order valence-electron chi connectivity index (χ3n) is 6.25. The van der Waals surface area contributed by atoms with Crippen molar-refractivity contribution in [2.75, 3.05) is 10.0 Å². The summed E-state index contributed by atoms with van der Waals surface area (Å²) in [5.74, 6) is 0.296. The zero-order chi connectivity index (χ0) is 23.2. The standard InChI is InChI=1S/C25H21F3N2O2S/c26-25(27,28)17-8-4-9-18(14-17)30-33(31,32)19-12-13-23-22(15-19)20-10-5-11-21(20)24(29-23)16-6-2-1-3-7-16/h1-10,12-15,20-21,24,29-30H,11H2/t20-,21+,24+/m0/s1. The van der Waals surface area contributed by atoms with Gasteiger partial charge in [0.05, 0.1) is 16.5 Å². The van der Waals surface area contributed by atoms with Crippen LogP contribution >= 0.6 is 0 Å². The maximum atomic E-state index is 13.0. The first-order valence-corrected chi connectivity index (χ1v) is 12.0. The minimum Gasteiger partial charge on any atom is -0.378 e. The van der Waals surface area contributed by atoms with E-state index < -0.39 is 21.8 Å². The van der Waals surface area contributed by atoms with E-state index in [1.165, 1.54) is 23.8 Å². The third-order valence-corrected chi connectivity index (χ3v) is 7.62. The molecular weight excluding hydrogens is 449 g/mol. The fourth-order valence-corrected chi connectivity index (χ4v) is 5.79. The van der Waals surface area contributed by atoms with E-state index in [0.717, 1.165) is 29.8 Å². The fourth-order valence-electron chi connectivity index (χ4n) is 4.70. The normalized spacial score (nSPS) is 21.7. The van der Waals surface area contributed by atoms with Gasteiger partial charge in [-0.15, -0.1) is 0 Å². The molecule has 2 aliphatic rings. The molecule has 0 bridgehead atoms. The van der Waals surface area contributed by atoms with Crippen LogP contribution < -0.4 is 10.0 Å². The van der Waals surface area contributed by atoms with Crippen LogP contribution in [0.15, 0.2) is 89.8 Å². The number of hydrogen-bond acceptors (Lipinski definition) is 3. The van der Waals surface area contributed by atoms with E-state index in [-0.39, 0.29) is 28.5 Å². The minimum absolute atomic E-state index is 0.0117. The van der Waals surface area contributed by atoms with E-state index in [1.807, 2.05) is 18.2 Å². The van der Waals surface area contributed by atoms with Crippen molar-refractivity contribution < 1.29 is 21.6 Å². The molecule has 0 aromatic heterocycles. The first kappa shape index (κ1) is 21.6. The summed E-state index contributed by atoms with van der Waals surface area (Å²) in [5, 5.41) is 3.56. The summed E-state index contributed by atoms with van der Waals surface area (Å²) >= 11 is 0. The zero-order valence-corrected chi connectivity index (χ0v) is 18.2. The van der Waals surface area contributed by atoms with Gasteiger partial charge in [0.25, 0.3) is 10.0 Å². The van der Waals surface area contributed by atoms with Crippen molar-refractivity contribution in [3.05, 3.63) is 102 Å².